The van der Waals surface area contributed by atoms with Crippen molar-refractivity contribution in [2.24, 2.45) is 5.73 Å². The fourth-order valence-corrected chi connectivity index (χ4v) is 1.81. The molecule has 0 bridgehead atoms. The number of non-ortho nitro benzene ring substituents is 1. The van der Waals surface area contributed by atoms with Crippen molar-refractivity contribution >= 4 is 29.0 Å². The second kappa shape index (κ2) is 7.05. The first-order chi connectivity index (χ1) is 8.95. The Morgan fingerprint density at radius 1 is 1.63 bits per heavy atom. The van der Waals surface area contributed by atoms with Gasteiger partial charge in [-0.1, -0.05) is 0 Å². The number of halogens is 1. The Morgan fingerprint density at radius 2 is 2.32 bits per heavy atom. The normalized spacial score (nSPS) is 11.9. The number of hydrogen-bond acceptors (Lipinski definition) is 5. The van der Waals surface area contributed by atoms with E-state index in [0.29, 0.717) is 6.42 Å². The van der Waals surface area contributed by atoms with E-state index >= 15 is 0 Å². The maximum Gasteiger partial charge on any atom is 0.272 e. The van der Waals surface area contributed by atoms with E-state index in [-0.39, 0.29) is 11.4 Å². The second-order valence-corrected chi connectivity index (χ2v) is 4.78. The average molecular weight is 287 g/mol. The lowest BCUT2D eigenvalue weighted by Gasteiger charge is -2.11. The van der Waals surface area contributed by atoms with E-state index in [2.05, 4.69) is 5.32 Å². The highest BCUT2D eigenvalue weighted by Gasteiger charge is 2.16. The summed E-state index contributed by atoms with van der Waals surface area (Å²) in [5, 5.41) is 12.8. The van der Waals surface area contributed by atoms with Crippen LogP contribution in [-0.4, -0.2) is 28.9 Å². The zero-order valence-electron chi connectivity index (χ0n) is 10.3. The standard InChI is InChI=1S/C11H14FN3O3S/c1-19-5-4-9(13)11(16)14-10-3-2-7(15(17)18)6-8(10)12/h2-3,6,9H,4-5,13H2,1H3,(H,14,16)/t9-/m1/s1. The number of thioether (sulfide) groups is 1. The molecule has 19 heavy (non-hydrogen) atoms. The van der Waals surface area contributed by atoms with E-state index in [1.54, 1.807) is 11.8 Å². The van der Waals surface area contributed by atoms with Crippen molar-refractivity contribution in [2.75, 3.05) is 17.3 Å². The van der Waals surface area contributed by atoms with Crippen LogP contribution in [0.15, 0.2) is 18.2 Å². The van der Waals surface area contributed by atoms with Crippen molar-refractivity contribution in [1.82, 2.24) is 0 Å². The van der Waals surface area contributed by atoms with E-state index in [0.717, 1.165) is 24.0 Å². The fraction of sp³-hybridized carbons (Fsp3) is 0.364. The predicted octanol–water partition coefficient (Wildman–Crippen LogP) is 1.75. The van der Waals surface area contributed by atoms with Crippen LogP contribution in [0.5, 0.6) is 0 Å². The maximum atomic E-state index is 13.5. The molecule has 3 N–H and O–H groups in total. The highest BCUT2D eigenvalue weighted by Crippen LogP contribution is 2.20. The summed E-state index contributed by atoms with van der Waals surface area (Å²) in [4.78, 5) is 21.4. The number of nitro groups is 1. The van der Waals surface area contributed by atoms with Gasteiger partial charge in [-0.25, -0.2) is 4.39 Å². The molecule has 1 amide bonds. The highest BCUT2D eigenvalue weighted by molar-refractivity contribution is 7.98. The van der Waals surface area contributed by atoms with Crippen LogP contribution in [0.1, 0.15) is 6.42 Å². The second-order valence-electron chi connectivity index (χ2n) is 3.80. The quantitative estimate of drug-likeness (QED) is 0.613. The van der Waals surface area contributed by atoms with E-state index in [1.807, 2.05) is 6.26 Å². The zero-order chi connectivity index (χ0) is 14.4. The van der Waals surface area contributed by atoms with Gasteiger partial charge < -0.3 is 11.1 Å². The third-order valence-electron chi connectivity index (χ3n) is 2.39. The Kier molecular flexibility index (Phi) is 5.71. The van der Waals surface area contributed by atoms with Crippen molar-refractivity contribution in [3.05, 3.63) is 34.1 Å². The molecule has 0 aromatic heterocycles. The van der Waals surface area contributed by atoms with E-state index in [4.69, 9.17) is 5.73 Å². The number of carbonyl (C=O) groups excluding carboxylic acids is 1. The number of amides is 1. The summed E-state index contributed by atoms with van der Waals surface area (Å²) in [5.74, 6) is -0.654. The van der Waals surface area contributed by atoms with E-state index in [9.17, 15) is 19.3 Å². The molecule has 1 rings (SSSR count). The lowest BCUT2D eigenvalue weighted by atomic mass is 10.2. The van der Waals surface area contributed by atoms with Crippen LogP contribution >= 0.6 is 11.8 Å². The molecule has 0 radical (unpaired) electrons. The largest absolute Gasteiger partial charge is 0.322 e. The molecule has 0 aliphatic heterocycles. The number of carbonyl (C=O) groups is 1. The summed E-state index contributed by atoms with van der Waals surface area (Å²) < 4.78 is 13.5. The summed E-state index contributed by atoms with van der Waals surface area (Å²) in [6.45, 7) is 0. The van der Waals surface area contributed by atoms with Gasteiger partial charge in [-0.05, 0) is 24.5 Å². The number of benzene rings is 1. The Morgan fingerprint density at radius 3 is 2.84 bits per heavy atom. The molecule has 1 aromatic carbocycles. The Balaban J connectivity index is 2.72. The first-order valence-corrected chi connectivity index (χ1v) is 6.84. The van der Waals surface area contributed by atoms with Gasteiger partial charge in [0.2, 0.25) is 5.91 Å². The topological polar surface area (TPSA) is 98.3 Å². The van der Waals surface area contributed by atoms with Crippen LogP contribution in [-0.2, 0) is 4.79 Å². The summed E-state index contributed by atoms with van der Waals surface area (Å²) in [6.07, 6.45) is 2.36. The van der Waals surface area contributed by atoms with Crippen molar-refractivity contribution in [3.63, 3.8) is 0 Å². The van der Waals surface area contributed by atoms with Gasteiger partial charge >= 0.3 is 0 Å². The van der Waals surface area contributed by atoms with Gasteiger partial charge in [0, 0.05) is 6.07 Å². The smallest absolute Gasteiger partial charge is 0.272 e. The fourth-order valence-electron chi connectivity index (χ4n) is 1.32. The third-order valence-corrected chi connectivity index (χ3v) is 3.04. The molecule has 0 unspecified atom stereocenters. The highest BCUT2D eigenvalue weighted by atomic mass is 32.2. The molecule has 0 saturated heterocycles. The number of rotatable bonds is 6. The molecular weight excluding hydrogens is 273 g/mol. The lowest BCUT2D eigenvalue weighted by molar-refractivity contribution is -0.385. The molecule has 104 valence electrons. The Bertz CT molecular complexity index is 484. The zero-order valence-corrected chi connectivity index (χ0v) is 11.1. The molecule has 1 atom stereocenters. The monoisotopic (exact) mass is 287 g/mol. The van der Waals surface area contributed by atoms with Gasteiger partial charge in [-0.3, -0.25) is 14.9 Å². The molecule has 8 heteroatoms. The van der Waals surface area contributed by atoms with E-state index < -0.39 is 22.7 Å². The van der Waals surface area contributed by atoms with Crippen LogP contribution in [0.2, 0.25) is 0 Å². The average Bonchev–Trinajstić information content (AvgIpc) is 2.37. The summed E-state index contributed by atoms with van der Waals surface area (Å²) >= 11 is 1.55. The predicted molar refractivity (Wildman–Crippen MR) is 72.7 cm³/mol. The molecule has 0 fully saturated rings. The third kappa shape index (κ3) is 4.49. The molecule has 0 saturated carbocycles. The molecule has 0 spiro atoms. The van der Waals surface area contributed by atoms with Gasteiger partial charge in [-0.2, -0.15) is 11.8 Å². The van der Waals surface area contributed by atoms with E-state index in [1.165, 1.54) is 0 Å². The van der Waals surface area contributed by atoms with Crippen LogP contribution in [0.25, 0.3) is 0 Å². The van der Waals surface area contributed by atoms with Crippen LogP contribution in [0.3, 0.4) is 0 Å². The van der Waals surface area contributed by atoms with Crippen molar-refractivity contribution in [1.29, 1.82) is 0 Å². The van der Waals surface area contributed by atoms with Gasteiger partial charge in [0.25, 0.3) is 5.69 Å². The van der Waals surface area contributed by atoms with Crippen molar-refractivity contribution in [2.45, 2.75) is 12.5 Å². The maximum absolute atomic E-state index is 13.5. The number of nitrogens with zero attached hydrogens (tertiary/aromatic N) is 1. The number of nitro benzene ring substituents is 1. The minimum atomic E-state index is -0.861. The van der Waals surface area contributed by atoms with Gasteiger partial charge in [-0.15, -0.1) is 0 Å². The number of nitrogens with two attached hydrogens (primary N) is 1. The lowest BCUT2D eigenvalue weighted by Crippen LogP contribution is -2.36. The molecular formula is C11H14FN3O3S. The van der Waals surface area contributed by atoms with Gasteiger partial charge in [0.15, 0.2) is 5.82 Å². The molecule has 0 aliphatic rings. The number of anilines is 1. The molecule has 6 nitrogen and oxygen atoms in total. The van der Waals surface area contributed by atoms with Gasteiger partial charge in [0.1, 0.15) is 0 Å². The Labute approximate surface area is 113 Å². The summed E-state index contributed by atoms with van der Waals surface area (Å²) in [5.41, 5.74) is 5.13. The summed E-state index contributed by atoms with van der Waals surface area (Å²) in [7, 11) is 0. The SMILES string of the molecule is CSCC[C@@H](N)C(=O)Nc1ccc([N+](=O)[O-])cc1F. The molecule has 0 heterocycles. The number of hydrogen-bond donors (Lipinski definition) is 2. The van der Waals surface area contributed by atoms with Crippen molar-refractivity contribution in [3.8, 4) is 0 Å². The molecule has 1 aromatic rings. The first kappa shape index (κ1) is 15.4. The summed E-state index contributed by atoms with van der Waals surface area (Å²) in [6, 6.07) is 2.28. The van der Waals surface area contributed by atoms with Crippen LogP contribution < -0.4 is 11.1 Å². The number of nitrogens with one attached hydrogen (secondary N) is 1. The van der Waals surface area contributed by atoms with Crippen LogP contribution in [0, 0.1) is 15.9 Å². The molecule has 0 aliphatic carbocycles. The minimum absolute atomic E-state index is 0.116. The first-order valence-electron chi connectivity index (χ1n) is 5.45. The van der Waals surface area contributed by atoms with Gasteiger partial charge in [0.05, 0.1) is 22.7 Å². The van der Waals surface area contributed by atoms with Crippen molar-refractivity contribution < 1.29 is 14.1 Å². The van der Waals surface area contributed by atoms with Crippen LogP contribution in [0.4, 0.5) is 15.8 Å². The minimum Gasteiger partial charge on any atom is -0.322 e. The Hall–Kier alpha value is -1.67.